The third-order valence-corrected chi connectivity index (χ3v) is 3.76. The molecular formula is C18H31NO. The molecule has 0 saturated carbocycles. The van der Waals surface area contributed by atoms with Gasteiger partial charge in [0.2, 0.25) is 0 Å². The van der Waals surface area contributed by atoms with Gasteiger partial charge < -0.3 is 10.1 Å². The number of ether oxygens (including phenoxy) is 1. The van der Waals surface area contributed by atoms with E-state index in [1.165, 1.54) is 24.8 Å². The van der Waals surface area contributed by atoms with Gasteiger partial charge in [0.05, 0.1) is 6.61 Å². The number of benzene rings is 1. The summed E-state index contributed by atoms with van der Waals surface area (Å²) in [5, 5.41) is 3.53. The molecule has 0 heterocycles. The quantitative estimate of drug-likeness (QED) is 0.683. The van der Waals surface area contributed by atoms with Crippen LogP contribution in [0.25, 0.3) is 0 Å². The van der Waals surface area contributed by atoms with Crippen LogP contribution in [-0.2, 0) is 6.42 Å². The molecule has 0 fully saturated rings. The molecule has 114 valence electrons. The number of rotatable bonds is 10. The Kier molecular flexibility index (Phi) is 8.36. The molecule has 2 unspecified atom stereocenters. The minimum Gasteiger partial charge on any atom is -0.493 e. The molecule has 1 aromatic rings. The Morgan fingerprint density at radius 1 is 1.10 bits per heavy atom. The molecule has 0 bridgehead atoms. The first-order valence-electron chi connectivity index (χ1n) is 8.10. The Morgan fingerprint density at radius 3 is 2.40 bits per heavy atom. The van der Waals surface area contributed by atoms with E-state index in [1.54, 1.807) is 0 Å². The standard InChI is InChI=1S/C18H31NO/c1-5-13-19-16(4)7-8-17-9-11-18(12-10-17)20-14-15(3)6-2/h9-12,15-16,19H,5-8,13-14H2,1-4H3. The van der Waals surface area contributed by atoms with Crippen molar-refractivity contribution in [3.05, 3.63) is 29.8 Å². The van der Waals surface area contributed by atoms with Crippen molar-refractivity contribution in [1.29, 1.82) is 0 Å². The minimum absolute atomic E-state index is 0.594. The number of aryl methyl sites for hydroxylation is 1. The van der Waals surface area contributed by atoms with Crippen molar-refractivity contribution in [2.75, 3.05) is 13.2 Å². The molecule has 0 spiro atoms. The van der Waals surface area contributed by atoms with Crippen LogP contribution in [0, 0.1) is 5.92 Å². The van der Waals surface area contributed by atoms with Crippen LogP contribution in [0.3, 0.4) is 0 Å². The van der Waals surface area contributed by atoms with Gasteiger partial charge in [0, 0.05) is 6.04 Å². The lowest BCUT2D eigenvalue weighted by Gasteiger charge is -2.14. The second-order valence-electron chi connectivity index (χ2n) is 5.86. The summed E-state index contributed by atoms with van der Waals surface area (Å²) < 4.78 is 5.78. The van der Waals surface area contributed by atoms with Crippen molar-refractivity contribution in [1.82, 2.24) is 5.32 Å². The van der Waals surface area contributed by atoms with Crippen molar-refractivity contribution in [3.63, 3.8) is 0 Å². The van der Waals surface area contributed by atoms with Gasteiger partial charge in [0.1, 0.15) is 5.75 Å². The molecule has 0 saturated heterocycles. The summed E-state index contributed by atoms with van der Waals surface area (Å²) in [6.45, 7) is 10.8. The highest BCUT2D eigenvalue weighted by atomic mass is 16.5. The minimum atomic E-state index is 0.594. The molecule has 2 atom stereocenters. The first kappa shape index (κ1) is 17.0. The zero-order valence-corrected chi connectivity index (χ0v) is 13.6. The average molecular weight is 277 g/mol. The van der Waals surface area contributed by atoms with E-state index in [9.17, 15) is 0 Å². The number of hydrogen-bond donors (Lipinski definition) is 1. The highest BCUT2D eigenvalue weighted by Gasteiger charge is 2.03. The summed E-state index contributed by atoms with van der Waals surface area (Å²) in [5.74, 6) is 1.62. The molecule has 1 N–H and O–H groups in total. The van der Waals surface area contributed by atoms with Crippen LogP contribution in [0.5, 0.6) is 5.75 Å². The zero-order valence-electron chi connectivity index (χ0n) is 13.6. The normalized spacial score (nSPS) is 14.0. The lowest BCUT2D eigenvalue weighted by molar-refractivity contribution is 0.256. The summed E-state index contributed by atoms with van der Waals surface area (Å²) in [6, 6.07) is 9.18. The number of hydrogen-bond acceptors (Lipinski definition) is 2. The fraction of sp³-hybridized carbons (Fsp3) is 0.667. The van der Waals surface area contributed by atoms with Crippen molar-refractivity contribution in [3.8, 4) is 5.75 Å². The first-order valence-corrected chi connectivity index (χ1v) is 8.10. The van der Waals surface area contributed by atoms with Gasteiger partial charge in [-0.05, 0) is 56.3 Å². The van der Waals surface area contributed by atoms with E-state index in [0.717, 1.165) is 25.3 Å². The van der Waals surface area contributed by atoms with Gasteiger partial charge in [-0.1, -0.05) is 39.3 Å². The van der Waals surface area contributed by atoms with E-state index in [0.29, 0.717) is 12.0 Å². The Morgan fingerprint density at radius 2 is 1.80 bits per heavy atom. The average Bonchev–Trinajstić information content (AvgIpc) is 2.49. The van der Waals surface area contributed by atoms with E-state index in [4.69, 9.17) is 4.74 Å². The molecule has 20 heavy (non-hydrogen) atoms. The van der Waals surface area contributed by atoms with Crippen LogP contribution >= 0.6 is 0 Å². The lowest BCUT2D eigenvalue weighted by atomic mass is 10.1. The molecular weight excluding hydrogens is 246 g/mol. The van der Waals surface area contributed by atoms with E-state index in [2.05, 4.69) is 57.3 Å². The van der Waals surface area contributed by atoms with Crippen LogP contribution in [0.15, 0.2) is 24.3 Å². The van der Waals surface area contributed by atoms with Gasteiger partial charge >= 0.3 is 0 Å². The van der Waals surface area contributed by atoms with Gasteiger partial charge in [-0.3, -0.25) is 0 Å². The van der Waals surface area contributed by atoms with Gasteiger partial charge in [-0.2, -0.15) is 0 Å². The topological polar surface area (TPSA) is 21.3 Å². The van der Waals surface area contributed by atoms with Gasteiger partial charge in [-0.15, -0.1) is 0 Å². The zero-order chi connectivity index (χ0) is 14.8. The number of nitrogens with one attached hydrogen (secondary N) is 1. The molecule has 0 aliphatic rings. The largest absolute Gasteiger partial charge is 0.493 e. The third-order valence-electron chi connectivity index (χ3n) is 3.76. The van der Waals surface area contributed by atoms with E-state index in [1.807, 2.05) is 0 Å². The molecule has 2 heteroatoms. The van der Waals surface area contributed by atoms with Crippen LogP contribution < -0.4 is 10.1 Å². The third kappa shape index (κ3) is 6.95. The second-order valence-corrected chi connectivity index (χ2v) is 5.86. The van der Waals surface area contributed by atoms with Crippen LogP contribution in [0.1, 0.15) is 52.5 Å². The Labute approximate surface area is 124 Å². The van der Waals surface area contributed by atoms with Crippen LogP contribution in [0.4, 0.5) is 0 Å². The van der Waals surface area contributed by atoms with Crippen LogP contribution in [-0.4, -0.2) is 19.2 Å². The lowest BCUT2D eigenvalue weighted by Crippen LogP contribution is -2.27. The maximum absolute atomic E-state index is 5.78. The van der Waals surface area contributed by atoms with Crippen molar-refractivity contribution in [2.45, 2.75) is 59.4 Å². The molecule has 0 aliphatic carbocycles. The monoisotopic (exact) mass is 277 g/mol. The fourth-order valence-corrected chi connectivity index (χ4v) is 1.98. The van der Waals surface area contributed by atoms with Gasteiger partial charge in [-0.25, -0.2) is 0 Å². The van der Waals surface area contributed by atoms with E-state index < -0.39 is 0 Å². The molecule has 0 aliphatic heterocycles. The maximum Gasteiger partial charge on any atom is 0.119 e. The summed E-state index contributed by atoms with van der Waals surface area (Å²) in [4.78, 5) is 0. The van der Waals surface area contributed by atoms with Gasteiger partial charge in [0.25, 0.3) is 0 Å². The Hall–Kier alpha value is -1.02. The SMILES string of the molecule is CCCNC(C)CCc1ccc(OCC(C)CC)cc1. The molecule has 2 nitrogen and oxygen atoms in total. The highest BCUT2D eigenvalue weighted by molar-refractivity contribution is 5.27. The Balaban J connectivity index is 2.31. The van der Waals surface area contributed by atoms with Crippen molar-refractivity contribution in [2.24, 2.45) is 5.92 Å². The fourth-order valence-electron chi connectivity index (χ4n) is 1.98. The molecule has 0 amide bonds. The summed E-state index contributed by atoms with van der Waals surface area (Å²) >= 11 is 0. The highest BCUT2D eigenvalue weighted by Crippen LogP contribution is 2.15. The van der Waals surface area contributed by atoms with Crippen molar-refractivity contribution < 1.29 is 4.74 Å². The second kappa shape index (κ2) is 9.82. The summed E-state index contributed by atoms with van der Waals surface area (Å²) in [5.41, 5.74) is 1.39. The summed E-state index contributed by atoms with van der Waals surface area (Å²) in [6.07, 6.45) is 4.68. The molecule has 1 rings (SSSR count). The smallest absolute Gasteiger partial charge is 0.119 e. The van der Waals surface area contributed by atoms with E-state index in [-0.39, 0.29) is 0 Å². The summed E-state index contributed by atoms with van der Waals surface area (Å²) in [7, 11) is 0. The van der Waals surface area contributed by atoms with E-state index >= 15 is 0 Å². The van der Waals surface area contributed by atoms with Crippen molar-refractivity contribution >= 4 is 0 Å². The molecule has 0 aromatic heterocycles. The predicted octanol–water partition coefficient (Wildman–Crippen LogP) is 4.43. The first-order chi connectivity index (χ1) is 9.65. The predicted molar refractivity (Wildman–Crippen MR) is 87.5 cm³/mol. The molecule has 1 aromatic carbocycles. The molecule has 0 radical (unpaired) electrons. The van der Waals surface area contributed by atoms with Crippen LogP contribution in [0.2, 0.25) is 0 Å². The maximum atomic E-state index is 5.78. The van der Waals surface area contributed by atoms with Gasteiger partial charge in [0.15, 0.2) is 0 Å². The Bertz CT molecular complexity index is 347.